The Labute approximate surface area is 156 Å². The topological polar surface area (TPSA) is 27.7 Å². The van der Waals surface area contributed by atoms with Gasteiger partial charge in [0.1, 0.15) is 0 Å². The van der Waals surface area contributed by atoms with E-state index in [1.807, 2.05) is 45.0 Å². The van der Waals surface area contributed by atoms with Crippen molar-refractivity contribution in [2.75, 3.05) is 19.8 Å². The van der Waals surface area contributed by atoms with Gasteiger partial charge in [-0.05, 0) is 53.9 Å². The second kappa shape index (κ2) is 8.48. The molecule has 0 heterocycles. The predicted octanol–water partition coefficient (Wildman–Crippen LogP) is 4.93. The van der Waals surface area contributed by atoms with E-state index in [2.05, 4.69) is 41.8 Å². The summed E-state index contributed by atoms with van der Waals surface area (Å²) >= 11 is 0. The minimum absolute atomic E-state index is 0.511. The summed E-state index contributed by atoms with van der Waals surface area (Å²) in [6, 6.07) is 18.8. The molecule has 26 heavy (non-hydrogen) atoms. The fraction of sp³-hybridized carbons (Fsp3) is 0.273. The lowest BCUT2D eigenvalue weighted by atomic mass is 9.97. The molecule has 3 aromatic carbocycles. The van der Waals surface area contributed by atoms with Crippen LogP contribution < -0.4 is 0 Å². The Morgan fingerprint density at radius 2 is 1.19 bits per heavy atom. The maximum Gasteiger partial charge on any atom is 0.591 e. The maximum absolute atomic E-state index is 5.88. The summed E-state index contributed by atoms with van der Waals surface area (Å²) in [6.07, 6.45) is 0. The third-order valence-corrected chi connectivity index (χ3v) is 6.55. The zero-order valence-corrected chi connectivity index (χ0v) is 16.5. The van der Waals surface area contributed by atoms with Crippen molar-refractivity contribution >= 4 is 30.3 Å². The van der Waals surface area contributed by atoms with Gasteiger partial charge in [-0.2, -0.15) is 0 Å². The van der Waals surface area contributed by atoms with Crippen molar-refractivity contribution in [3.8, 4) is 11.5 Å². The van der Waals surface area contributed by atoms with Gasteiger partial charge in [0.25, 0.3) is 0 Å². The van der Waals surface area contributed by atoms with Crippen molar-refractivity contribution in [1.29, 1.82) is 0 Å². The second-order valence-corrected chi connectivity index (χ2v) is 8.03. The summed E-state index contributed by atoms with van der Waals surface area (Å²) in [7, 11) is -3.01. The summed E-state index contributed by atoms with van der Waals surface area (Å²) in [4.78, 5) is 0. The summed E-state index contributed by atoms with van der Waals surface area (Å²) in [5.41, 5.74) is 4.25. The molecule has 4 heteroatoms. The minimum Gasteiger partial charge on any atom is -0.364 e. The smallest absolute Gasteiger partial charge is 0.364 e. The van der Waals surface area contributed by atoms with Gasteiger partial charge in [0.15, 0.2) is 0 Å². The first-order valence-electron chi connectivity index (χ1n) is 9.08. The molecule has 134 valence electrons. The molecule has 0 aliphatic rings. The monoisotopic (exact) mass is 364 g/mol. The molecule has 0 aromatic heterocycles. The Morgan fingerprint density at radius 1 is 0.731 bits per heavy atom. The summed E-state index contributed by atoms with van der Waals surface area (Å²) in [5, 5.41) is 4.61. The Kier molecular flexibility index (Phi) is 6.07. The van der Waals surface area contributed by atoms with Crippen LogP contribution in [0.2, 0.25) is 0 Å². The minimum atomic E-state index is -3.01. The van der Waals surface area contributed by atoms with Gasteiger partial charge in [-0.25, -0.2) is 0 Å². The van der Waals surface area contributed by atoms with Crippen LogP contribution in [-0.4, -0.2) is 28.6 Å². The third-order valence-electron chi connectivity index (χ3n) is 4.11. The highest BCUT2D eigenvalue weighted by atomic mass is 28.4. The van der Waals surface area contributed by atoms with Crippen molar-refractivity contribution in [2.24, 2.45) is 0 Å². The standard InChI is InChI=1S/C22H24O3Si/c1-4-23-26(24-5-2,25-6-3)16-15-22-20-13-9-7-11-18(20)17-19-12-8-10-14-21(19)22/h7-14,17H,4-6H2,1-3H3. The van der Waals surface area contributed by atoms with E-state index >= 15 is 0 Å². The Morgan fingerprint density at radius 3 is 1.65 bits per heavy atom. The van der Waals surface area contributed by atoms with Gasteiger partial charge in [0.2, 0.25) is 0 Å². The van der Waals surface area contributed by atoms with E-state index in [1.54, 1.807) is 0 Å². The van der Waals surface area contributed by atoms with Crippen LogP contribution in [-0.2, 0) is 13.3 Å². The molecular formula is C22H24O3Si. The van der Waals surface area contributed by atoms with Crippen LogP contribution in [0.4, 0.5) is 0 Å². The summed E-state index contributed by atoms with van der Waals surface area (Å²) in [6.45, 7) is 7.35. The van der Waals surface area contributed by atoms with Crippen molar-refractivity contribution in [1.82, 2.24) is 0 Å². The van der Waals surface area contributed by atoms with Gasteiger partial charge in [-0.15, -0.1) is 0 Å². The molecule has 0 N–H and O–H groups in total. The first-order chi connectivity index (χ1) is 12.7. The SMILES string of the molecule is CCO[Si](C#Cc1c2ccccc2cc2ccccc12)(OCC)OCC. The van der Waals surface area contributed by atoms with E-state index in [9.17, 15) is 0 Å². The third kappa shape index (κ3) is 3.82. The highest BCUT2D eigenvalue weighted by molar-refractivity contribution is 6.69. The predicted molar refractivity (Wildman–Crippen MR) is 109 cm³/mol. The van der Waals surface area contributed by atoms with E-state index in [1.165, 1.54) is 10.8 Å². The molecule has 0 saturated heterocycles. The molecule has 0 saturated carbocycles. The fourth-order valence-electron chi connectivity index (χ4n) is 3.09. The molecule has 0 fully saturated rings. The van der Waals surface area contributed by atoms with Gasteiger partial charge >= 0.3 is 8.80 Å². The number of rotatable bonds is 6. The molecular weight excluding hydrogens is 340 g/mol. The maximum atomic E-state index is 5.88. The van der Waals surface area contributed by atoms with Gasteiger partial charge in [0.05, 0.1) is 0 Å². The second-order valence-electron chi connectivity index (χ2n) is 5.80. The lowest BCUT2D eigenvalue weighted by Crippen LogP contribution is -2.45. The number of benzene rings is 3. The molecule has 0 unspecified atom stereocenters. The van der Waals surface area contributed by atoms with Crippen molar-refractivity contribution in [2.45, 2.75) is 20.8 Å². The van der Waals surface area contributed by atoms with Gasteiger partial charge < -0.3 is 13.3 Å². The number of hydrogen-bond acceptors (Lipinski definition) is 3. The van der Waals surface area contributed by atoms with Crippen LogP contribution in [0.5, 0.6) is 0 Å². The molecule has 3 rings (SSSR count). The normalized spacial score (nSPS) is 11.5. The Bertz CT molecular complexity index is 885. The van der Waals surface area contributed by atoms with Crippen LogP contribution in [0.15, 0.2) is 54.6 Å². The molecule has 0 aliphatic heterocycles. The van der Waals surface area contributed by atoms with Crippen molar-refractivity contribution in [3.63, 3.8) is 0 Å². The highest BCUT2D eigenvalue weighted by Gasteiger charge is 2.39. The van der Waals surface area contributed by atoms with Gasteiger partial charge in [0, 0.05) is 25.4 Å². The molecule has 0 atom stereocenters. The van der Waals surface area contributed by atoms with E-state index in [-0.39, 0.29) is 0 Å². The summed E-state index contributed by atoms with van der Waals surface area (Å²) < 4.78 is 17.6. The van der Waals surface area contributed by atoms with Gasteiger partial charge in [-0.3, -0.25) is 0 Å². The molecule has 0 amide bonds. The van der Waals surface area contributed by atoms with Crippen molar-refractivity contribution in [3.05, 3.63) is 60.2 Å². The van der Waals surface area contributed by atoms with E-state index < -0.39 is 8.80 Å². The highest BCUT2D eigenvalue weighted by Crippen LogP contribution is 2.28. The lowest BCUT2D eigenvalue weighted by molar-refractivity contribution is 0.0870. The molecule has 0 spiro atoms. The van der Waals surface area contributed by atoms with Crippen LogP contribution in [0.3, 0.4) is 0 Å². The van der Waals surface area contributed by atoms with Crippen LogP contribution in [0.25, 0.3) is 21.5 Å². The van der Waals surface area contributed by atoms with E-state index in [0.717, 1.165) is 16.3 Å². The van der Waals surface area contributed by atoms with Crippen molar-refractivity contribution < 1.29 is 13.3 Å². The van der Waals surface area contributed by atoms with Crippen LogP contribution in [0.1, 0.15) is 26.3 Å². The van der Waals surface area contributed by atoms with Crippen LogP contribution in [0, 0.1) is 11.5 Å². The molecule has 0 aliphatic carbocycles. The Balaban J connectivity index is 2.22. The van der Waals surface area contributed by atoms with E-state index in [4.69, 9.17) is 13.3 Å². The Hall–Kier alpha value is -2.16. The fourth-order valence-corrected chi connectivity index (χ4v) is 4.98. The molecule has 0 radical (unpaired) electrons. The number of hydrogen-bond donors (Lipinski definition) is 0. The largest absolute Gasteiger partial charge is 0.591 e. The van der Waals surface area contributed by atoms with Gasteiger partial charge in [-0.1, -0.05) is 54.5 Å². The quantitative estimate of drug-likeness (QED) is 0.352. The summed E-state index contributed by atoms with van der Waals surface area (Å²) in [5.74, 6) is 3.36. The first-order valence-corrected chi connectivity index (χ1v) is 10.8. The first kappa shape index (κ1) is 18.6. The zero-order valence-electron chi connectivity index (χ0n) is 15.5. The lowest BCUT2D eigenvalue weighted by Gasteiger charge is -2.22. The average Bonchev–Trinajstić information content (AvgIpc) is 2.66. The van der Waals surface area contributed by atoms with Crippen LogP contribution >= 0.6 is 0 Å². The molecule has 3 aromatic rings. The molecule has 0 bridgehead atoms. The van der Waals surface area contributed by atoms with E-state index in [0.29, 0.717) is 19.8 Å². The average molecular weight is 365 g/mol. The molecule has 3 nitrogen and oxygen atoms in total. The number of fused-ring (bicyclic) bond motifs is 2. The zero-order chi connectivity index (χ0) is 18.4.